The average molecular weight is 380 g/mol. The van der Waals surface area contributed by atoms with Gasteiger partial charge in [-0.15, -0.1) is 0 Å². The molecular formula is C20H16N2O6. The van der Waals surface area contributed by atoms with E-state index in [1.807, 2.05) is 30.3 Å². The standard InChI is InChI=1S/C20H16N2O6/c1-27-19(23)16(20(24)28-2)11-15-14-10-13(22(25)26)8-9-17(14)21-18(15)12-6-4-3-5-7-12/h3-11,21H,1-2H3. The number of nitro groups is 1. The van der Waals surface area contributed by atoms with Gasteiger partial charge in [0.2, 0.25) is 0 Å². The number of benzene rings is 2. The Morgan fingerprint density at radius 2 is 1.68 bits per heavy atom. The van der Waals surface area contributed by atoms with Gasteiger partial charge >= 0.3 is 11.9 Å². The average Bonchev–Trinajstić information content (AvgIpc) is 3.09. The third-order valence-corrected chi connectivity index (χ3v) is 4.19. The Morgan fingerprint density at radius 3 is 2.25 bits per heavy atom. The number of non-ortho nitro benzene ring substituents is 1. The van der Waals surface area contributed by atoms with Gasteiger partial charge in [-0.25, -0.2) is 9.59 Å². The summed E-state index contributed by atoms with van der Waals surface area (Å²) in [6, 6.07) is 13.5. The van der Waals surface area contributed by atoms with E-state index < -0.39 is 16.9 Å². The molecular weight excluding hydrogens is 364 g/mol. The summed E-state index contributed by atoms with van der Waals surface area (Å²) < 4.78 is 9.35. The van der Waals surface area contributed by atoms with E-state index in [1.165, 1.54) is 18.2 Å². The molecule has 3 aromatic rings. The summed E-state index contributed by atoms with van der Waals surface area (Å²) in [5.74, 6) is -1.74. The Labute approximate surface area is 159 Å². The minimum atomic E-state index is -0.870. The summed E-state index contributed by atoms with van der Waals surface area (Å²) in [5, 5.41) is 11.7. The van der Waals surface area contributed by atoms with Crippen LogP contribution < -0.4 is 0 Å². The van der Waals surface area contributed by atoms with Crippen molar-refractivity contribution in [2.75, 3.05) is 14.2 Å². The predicted octanol–water partition coefficient (Wildman–Crippen LogP) is 3.47. The van der Waals surface area contributed by atoms with Gasteiger partial charge in [-0.05, 0) is 17.7 Å². The van der Waals surface area contributed by atoms with Crippen LogP contribution in [0.15, 0.2) is 54.1 Å². The van der Waals surface area contributed by atoms with E-state index in [0.717, 1.165) is 19.8 Å². The fraction of sp³-hybridized carbons (Fsp3) is 0.100. The van der Waals surface area contributed by atoms with E-state index in [0.29, 0.717) is 22.2 Å². The molecule has 0 saturated heterocycles. The number of aromatic amines is 1. The fourth-order valence-electron chi connectivity index (χ4n) is 2.86. The van der Waals surface area contributed by atoms with Crippen LogP contribution in [0.5, 0.6) is 0 Å². The van der Waals surface area contributed by atoms with Gasteiger partial charge in [0, 0.05) is 28.6 Å². The van der Waals surface area contributed by atoms with Crippen molar-refractivity contribution >= 4 is 34.6 Å². The number of nitrogens with zero attached hydrogens (tertiary/aromatic N) is 1. The minimum absolute atomic E-state index is 0.113. The lowest BCUT2D eigenvalue weighted by atomic mass is 10.0. The first-order chi connectivity index (χ1) is 13.5. The number of hydrogen-bond donors (Lipinski definition) is 1. The second-order valence-corrected chi connectivity index (χ2v) is 5.81. The van der Waals surface area contributed by atoms with Crippen LogP contribution in [0.2, 0.25) is 0 Å². The quantitative estimate of drug-likeness (QED) is 0.181. The van der Waals surface area contributed by atoms with E-state index in [9.17, 15) is 19.7 Å². The molecule has 1 aromatic heterocycles. The number of esters is 2. The predicted molar refractivity (Wildman–Crippen MR) is 102 cm³/mol. The van der Waals surface area contributed by atoms with Crippen molar-refractivity contribution in [3.05, 3.63) is 69.8 Å². The van der Waals surface area contributed by atoms with Crippen LogP contribution in [0.3, 0.4) is 0 Å². The number of carbonyl (C=O) groups is 2. The van der Waals surface area contributed by atoms with Crippen LogP contribution in [0.25, 0.3) is 28.2 Å². The summed E-state index contributed by atoms with van der Waals surface area (Å²) >= 11 is 0. The topological polar surface area (TPSA) is 112 Å². The molecule has 0 aliphatic rings. The van der Waals surface area contributed by atoms with Gasteiger partial charge in [-0.3, -0.25) is 10.1 Å². The van der Waals surface area contributed by atoms with E-state index in [2.05, 4.69) is 14.5 Å². The lowest BCUT2D eigenvalue weighted by Gasteiger charge is -2.05. The van der Waals surface area contributed by atoms with Crippen molar-refractivity contribution < 1.29 is 24.0 Å². The number of hydrogen-bond acceptors (Lipinski definition) is 6. The Balaban J connectivity index is 2.35. The number of ether oxygens (including phenoxy) is 2. The third-order valence-electron chi connectivity index (χ3n) is 4.19. The molecule has 0 atom stereocenters. The maximum Gasteiger partial charge on any atom is 0.345 e. The zero-order valence-corrected chi connectivity index (χ0v) is 15.1. The second kappa shape index (κ2) is 7.75. The van der Waals surface area contributed by atoms with Gasteiger partial charge < -0.3 is 14.5 Å². The number of H-pyrrole nitrogens is 1. The Kier molecular flexibility index (Phi) is 5.21. The van der Waals surface area contributed by atoms with E-state index in [-0.39, 0.29) is 11.3 Å². The first-order valence-electron chi connectivity index (χ1n) is 8.20. The van der Waals surface area contributed by atoms with Crippen molar-refractivity contribution in [1.29, 1.82) is 0 Å². The SMILES string of the molecule is COC(=O)C(=Cc1c(-c2ccccc2)[nH]c2ccc([N+](=O)[O-])cc12)C(=O)OC. The van der Waals surface area contributed by atoms with Gasteiger partial charge in [-0.1, -0.05) is 30.3 Å². The fourth-order valence-corrected chi connectivity index (χ4v) is 2.86. The molecule has 0 aliphatic heterocycles. The summed E-state index contributed by atoms with van der Waals surface area (Å²) in [7, 11) is 2.30. The van der Waals surface area contributed by atoms with Crippen molar-refractivity contribution in [2.24, 2.45) is 0 Å². The van der Waals surface area contributed by atoms with E-state index >= 15 is 0 Å². The molecule has 28 heavy (non-hydrogen) atoms. The number of nitro benzene ring substituents is 1. The highest BCUT2D eigenvalue weighted by molar-refractivity contribution is 6.19. The monoisotopic (exact) mass is 380 g/mol. The first-order valence-corrected chi connectivity index (χ1v) is 8.20. The van der Waals surface area contributed by atoms with Gasteiger partial charge in [0.25, 0.3) is 5.69 Å². The van der Waals surface area contributed by atoms with Crippen LogP contribution in [-0.4, -0.2) is 36.1 Å². The molecule has 0 spiro atoms. The summed E-state index contributed by atoms with van der Waals surface area (Å²) in [5.41, 5.74) is 2.00. The van der Waals surface area contributed by atoms with Gasteiger partial charge in [-0.2, -0.15) is 0 Å². The number of aromatic nitrogens is 1. The summed E-state index contributed by atoms with van der Waals surface area (Å²) in [6.45, 7) is 0. The van der Waals surface area contributed by atoms with Crippen LogP contribution in [0.4, 0.5) is 5.69 Å². The molecule has 0 amide bonds. The van der Waals surface area contributed by atoms with Gasteiger partial charge in [0.1, 0.15) is 5.57 Å². The molecule has 2 aromatic carbocycles. The number of methoxy groups -OCH3 is 2. The Morgan fingerprint density at radius 1 is 1.04 bits per heavy atom. The van der Waals surface area contributed by atoms with Gasteiger partial charge in [0.05, 0.1) is 24.8 Å². The lowest BCUT2D eigenvalue weighted by molar-refractivity contribution is -0.384. The lowest BCUT2D eigenvalue weighted by Crippen LogP contribution is -2.15. The zero-order chi connectivity index (χ0) is 20.3. The van der Waals surface area contributed by atoms with E-state index in [1.54, 1.807) is 6.07 Å². The molecule has 8 heteroatoms. The van der Waals surface area contributed by atoms with Crippen LogP contribution in [0, 0.1) is 10.1 Å². The van der Waals surface area contributed by atoms with Crippen LogP contribution in [0.1, 0.15) is 5.56 Å². The largest absolute Gasteiger partial charge is 0.465 e. The highest BCUT2D eigenvalue weighted by Crippen LogP contribution is 2.34. The maximum atomic E-state index is 12.1. The smallest absolute Gasteiger partial charge is 0.345 e. The third kappa shape index (κ3) is 3.48. The summed E-state index contributed by atoms with van der Waals surface area (Å²) in [4.78, 5) is 38.1. The summed E-state index contributed by atoms with van der Waals surface area (Å²) in [6.07, 6.45) is 1.32. The molecule has 0 unspecified atom stereocenters. The van der Waals surface area contributed by atoms with Crippen molar-refractivity contribution in [3.8, 4) is 11.3 Å². The second-order valence-electron chi connectivity index (χ2n) is 5.81. The molecule has 1 heterocycles. The number of fused-ring (bicyclic) bond motifs is 1. The van der Waals surface area contributed by atoms with E-state index in [4.69, 9.17) is 0 Å². The highest BCUT2D eigenvalue weighted by atomic mass is 16.6. The number of rotatable bonds is 5. The minimum Gasteiger partial charge on any atom is -0.465 e. The number of nitrogens with one attached hydrogen (secondary N) is 1. The molecule has 8 nitrogen and oxygen atoms in total. The molecule has 3 rings (SSSR count). The highest BCUT2D eigenvalue weighted by Gasteiger charge is 2.23. The molecule has 142 valence electrons. The first kappa shape index (κ1) is 18.8. The molecule has 0 radical (unpaired) electrons. The molecule has 0 saturated carbocycles. The Bertz CT molecular complexity index is 1080. The number of carbonyl (C=O) groups excluding carboxylic acids is 2. The molecule has 0 bridgehead atoms. The van der Waals surface area contributed by atoms with Crippen molar-refractivity contribution in [1.82, 2.24) is 4.98 Å². The molecule has 0 aliphatic carbocycles. The van der Waals surface area contributed by atoms with Gasteiger partial charge in [0.15, 0.2) is 0 Å². The molecule has 1 N–H and O–H groups in total. The zero-order valence-electron chi connectivity index (χ0n) is 15.1. The van der Waals surface area contributed by atoms with Crippen LogP contribution in [-0.2, 0) is 19.1 Å². The van der Waals surface area contributed by atoms with Crippen molar-refractivity contribution in [2.45, 2.75) is 0 Å². The molecule has 0 fully saturated rings. The Hall–Kier alpha value is -3.94. The maximum absolute atomic E-state index is 12.1. The van der Waals surface area contributed by atoms with Crippen LogP contribution >= 0.6 is 0 Å². The van der Waals surface area contributed by atoms with Crippen molar-refractivity contribution in [3.63, 3.8) is 0 Å². The normalized spacial score (nSPS) is 10.4.